The standard InChI is InChI=1S/C18H30N2/c1-4-16-10-6-5-7-12-20(16)18(13-19)17-11-8-9-14(2)15(17)3/h8-9,11,16,18H,4-7,10,12-13,19H2,1-3H3. The van der Waals surface area contributed by atoms with Crippen molar-refractivity contribution in [1.29, 1.82) is 0 Å². The summed E-state index contributed by atoms with van der Waals surface area (Å²) in [5, 5.41) is 0. The zero-order chi connectivity index (χ0) is 14.5. The van der Waals surface area contributed by atoms with E-state index in [-0.39, 0.29) is 0 Å². The fourth-order valence-corrected chi connectivity index (χ4v) is 3.62. The summed E-state index contributed by atoms with van der Waals surface area (Å²) < 4.78 is 0. The molecule has 2 atom stereocenters. The van der Waals surface area contributed by atoms with Gasteiger partial charge in [-0.2, -0.15) is 0 Å². The molecule has 0 spiro atoms. The average Bonchev–Trinajstić information content (AvgIpc) is 2.69. The van der Waals surface area contributed by atoms with Crippen molar-refractivity contribution in [1.82, 2.24) is 4.90 Å². The average molecular weight is 274 g/mol. The first-order valence-electron chi connectivity index (χ1n) is 8.21. The maximum absolute atomic E-state index is 6.18. The largest absolute Gasteiger partial charge is 0.329 e. The van der Waals surface area contributed by atoms with Gasteiger partial charge in [-0.15, -0.1) is 0 Å². The van der Waals surface area contributed by atoms with E-state index in [2.05, 4.69) is 43.9 Å². The lowest BCUT2D eigenvalue weighted by Crippen LogP contribution is -2.41. The minimum atomic E-state index is 0.387. The van der Waals surface area contributed by atoms with Gasteiger partial charge in [-0.25, -0.2) is 0 Å². The number of benzene rings is 1. The van der Waals surface area contributed by atoms with E-state index in [0.717, 1.165) is 6.54 Å². The maximum Gasteiger partial charge on any atom is 0.0476 e. The third kappa shape index (κ3) is 3.24. The van der Waals surface area contributed by atoms with E-state index in [0.29, 0.717) is 12.1 Å². The van der Waals surface area contributed by atoms with Gasteiger partial charge >= 0.3 is 0 Å². The highest BCUT2D eigenvalue weighted by Gasteiger charge is 2.27. The van der Waals surface area contributed by atoms with Crippen LogP contribution in [-0.2, 0) is 0 Å². The molecular formula is C18H30N2. The Labute approximate surface area is 124 Å². The molecule has 1 aliphatic heterocycles. The topological polar surface area (TPSA) is 29.3 Å². The van der Waals surface area contributed by atoms with Gasteiger partial charge < -0.3 is 5.73 Å². The molecule has 2 N–H and O–H groups in total. The van der Waals surface area contributed by atoms with Crippen molar-refractivity contribution in [3.63, 3.8) is 0 Å². The Morgan fingerprint density at radius 3 is 2.75 bits per heavy atom. The summed E-state index contributed by atoms with van der Waals surface area (Å²) in [7, 11) is 0. The zero-order valence-electron chi connectivity index (χ0n) is 13.4. The molecule has 0 aromatic heterocycles. The van der Waals surface area contributed by atoms with Crippen LogP contribution in [0.15, 0.2) is 18.2 Å². The maximum atomic E-state index is 6.18. The summed E-state index contributed by atoms with van der Waals surface area (Å²) in [6.45, 7) is 8.69. The van der Waals surface area contributed by atoms with Gasteiger partial charge in [0.2, 0.25) is 0 Å². The lowest BCUT2D eigenvalue weighted by Gasteiger charge is -2.37. The van der Waals surface area contributed by atoms with Crippen LogP contribution < -0.4 is 5.73 Å². The molecule has 2 unspecified atom stereocenters. The molecule has 1 aromatic rings. The van der Waals surface area contributed by atoms with Crippen LogP contribution in [0.4, 0.5) is 0 Å². The SMILES string of the molecule is CCC1CCCCCN1C(CN)c1cccc(C)c1C. The highest BCUT2D eigenvalue weighted by Crippen LogP contribution is 2.31. The molecule has 2 rings (SSSR count). The van der Waals surface area contributed by atoms with E-state index < -0.39 is 0 Å². The summed E-state index contributed by atoms with van der Waals surface area (Å²) in [6, 6.07) is 7.74. The first-order valence-corrected chi connectivity index (χ1v) is 8.21. The Morgan fingerprint density at radius 2 is 2.05 bits per heavy atom. The lowest BCUT2D eigenvalue weighted by molar-refractivity contribution is 0.135. The third-order valence-corrected chi connectivity index (χ3v) is 5.02. The van der Waals surface area contributed by atoms with Gasteiger partial charge in [-0.3, -0.25) is 4.90 Å². The molecule has 20 heavy (non-hydrogen) atoms. The molecule has 0 amide bonds. The Balaban J connectivity index is 2.31. The van der Waals surface area contributed by atoms with Crippen molar-refractivity contribution >= 4 is 0 Å². The first-order chi connectivity index (χ1) is 9.69. The van der Waals surface area contributed by atoms with Gasteiger partial charge in [0, 0.05) is 18.6 Å². The normalized spacial score (nSPS) is 22.5. The molecular weight excluding hydrogens is 244 g/mol. The van der Waals surface area contributed by atoms with Crippen LogP contribution in [0.2, 0.25) is 0 Å². The van der Waals surface area contributed by atoms with Crippen LogP contribution in [0.1, 0.15) is 61.8 Å². The quantitative estimate of drug-likeness (QED) is 0.900. The number of hydrogen-bond acceptors (Lipinski definition) is 2. The minimum absolute atomic E-state index is 0.387. The zero-order valence-corrected chi connectivity index (χ0v) is 13.4. The van der Waals surface area contributed by atoms with E-state index in [4.69, 9.17) is 5.73 Å². The van der Waals surface area contributed by atoms with Crippen LogP contribution in [0.3, 0.4) is 0 Å². The third-order valence-electron chi connectivity index (χ3n) is 5.02. The molecule has 1 saturated heterocycles. The summed E-state index contributed by atoms with van der Waals surface area (Å²) >= 11 is 0. The van der Waals surface area contributed by atoms with Gasteiger partial charge in [0.1, 0.15) is 0 Å². The van der Waals surface area contributed by atoms with Crippen molar-refractivity contribution in [2.75, 3.05) is 13.1 Å². The highest BCUT2D eigenvalue weighted by atomic mass is 15.2. The molecule has 1 aromatic carbocycles. The first kappa shape index (κ1) is 15.5. The molecule has 0 saturated carbocycles. The molecule has 2 heteroatoms. The number of rotatable bonds is 4. The van der Waals surface area contributed by atoms with Gasteiger partial charge in [-0.1, -0.05) is 38.0 Å². The predicted octanol–water partition coefficient (Wildman–Crippen LogP) is 3.96. The van der Waals surface area contributed by atoms with Gasteiger partial charge in [-0.05, 0) is 56.3 Å². The van der Waals surface area contributed by atoms with Crippen molar-refractivity contribution in [2.45, 2.75) is 65.0 Å². The molecule has 1 aliphatic rings. The summed E-state index contributed by atoms with van der Waals surface area (Å²) in [4.78, 5) is 2.69. The Morgan fingerprint density at radius 1 is 1.25 bits per heavy atom. The lowest BCUT2D eigenvalue weighted by atomic mass is 9.94. The molecule has 0 radical (unpaired) electrons. The monoisotopic (exact) mass is 274 g/mol. The molecule has 1 heterocycles. The van der Waals surface area contributed by atoms with Crippen LogP contribution in [0, 0.1) is 13.8 Å². The second-order valence-corrected chi connectivity index (χ2v) is 6.19. The smallest absolute Gasteiger partial charge is 0.0476 e. The predicted molar refractivity (Wildman–Crippen MR) is 87.0 cm³/mol. The fourth-order valence-electron chi connectivity index (χ4n) is 3.62. The van der Waals surface area contributed by atoms with Crippen molar-refractivity contribution in [3.8, 4) is 0 Å². The van der Waals surface area contributed by atoms with Gasteiger partial charge in [0.15, 0.2) is 0 Å². The number of nitrogens with zero attached hydrogens (tertiary/aromatic N) is 1. The van der Waals surface area contributed by atoms with Gasteiger partial charge in [0.05, 0.1) is 0 Å². The second-order valence-electron chi connectivity index (χ2n) is 6.19. The minimum Gasteiger partial charge on any atom is -0.329 e. The van der Waals surface area contributed by atoms with Crippen molar-refractivity contribution in [3.05, 3.63) is 34.9 Å². The number of aryl methyl sites for hydroxylation is 1. The Hall–Kier alpha value is -0.860. The Bertz CT molecular complexity index is 427. The van der Waals surface area contributed by atoms with Crippen LogP contribution in [0.25, 0.3) is 0 Å². The fraction of sp³-hybridized carbons (Fsp3) is 0.667. The molecule has 0 aliphatic carbocycles. The van der Waals surface area contributed by atoms with E-state index in [1.54, 1.807) is 0 Å². The number of likely N-dealkylation sites (tertiary alicyclic amines) is 1. The van der Waals surface area contributed by atoms with E-state index in [9.17, 15) is 0 Å². The van der Waals surface area contributed by atoms with Crippen molar-refractivity contribution in [2.24, 2.45) is 5.73 Å². The van der Waals surface area contributed by atoms with Crippen molar-refractivity contribution < 1.29 is 0 Å². The Kier molecular flexibility index (Phi) is 5.62. The van der Waals surface area contributed by atoms with Gasteiger partial charge in [0.25, 0.3) is 0 Å². The van der Waals surface area contributed by atoms with E-state index in [1.165, 1.54) is 55.3 Å². The summed E-state index contributed by atoms with van der Waals surface area (Å²) in [6.07, 6.45) is 6.63. The van der Waals surface area contributed by atoms with E-state index in [1.807, 2.05) is 0 Å². The van der Waals surface area contributed by atoms with E-state index >= 15 is 0 Å². The van der Waals surface area contributed by atoms with Crippen LogP contribution in [-0.4, -0.2) is 24.0 Å². The summed E-state index contributed by atoms with van der Waals surface area (Å²) in [5.41, 5.74) is 10.4. The highest BCUT2D eigenvalue weighted by molar-refractivity contribution is 5.35. The molecule has 1 fully saturated rings. The second kappa shape index (κ2) is 7.24. The number of nitrogens with two attached hydrogens (primary N) is 1. The molecule has 0 bridgehead atoms. The summed E-state index contributed by atoms with van der Waals surface area (Å²) in [5.74, 6) is 0. The number of hydrogen-bond donors (Lipinski definition) is 1. The molecule has 2 nitrogen and oxygen atoms in total. The molecule has 112 valence electrons. The van der Waals surface area contributed by atoms with Crippen LogP contribution in [0.5, 0.6) is 0 Å². The van der Waals surface area contributed by atoms with Crippen LogP contribution >= 0.6 is 0 Å².